The zero-order valence-corrected chi connectivity index (χ0v) is 39.9. The van der Waals surface area contributed by atoms with Crippen LogP contribution in [-0.2, 0) is 35.9 Å². The number of hydrogen-bond acceptors (Lipinski definition) is 8. The second-order valence-corrected chi connectivity index (χ2v) is 19.4. The van der Waals surface area contributed by atoms with Gasteiger partial charge in [0, 0.05) is 93.2 Å². The second-order valence-electron chi connectivity index (χ2n) is 19.4. The highest BCUT2D eigenvalue weighted by molar-refractivity contribution is 6.05. The molecule has 7 aromatic rings. The summed E-state index contributed by atoms with van der Waals surface area (Å²) in [5, 5.41) is 3.58. The van der Waals surface area contributed by atoms with Crippen LogP contribution in [0.1, 0.15) is 63.9 Å². The average Bonchev–Trinajstić information content (AvgIpc) is 3.87. The summed E-state index contributed by atoms with van der Waals surface area (Å²) < 4.78 is 15.0. The first-order chi connectivity index (χ1) is 34.3. The predicted molar refractivity (Wildman–Crippen MR) is 275 cm³/mol. The quantitative estimate of drug-likeness (QED) is 0.108. The minimum atomic E-state index is -0.595. The van der Waals surface area contributed by atoms with Crippen LogP contribution in [0.15, 0.2) is 146 Å². The van der Waals surface area contributed by atoms with Gasteiger partial charge in [0.15, 0.2) is 0 Å². The van der Waals surface area contributed by atoms with Gasteiger partial charge in [0.2, 0.25) is 11.8 Å². The molecule has 1 atom stereocenters. The monoisotopic (exact) mass is 932 g/mol. The summed E-state index contributed by atoms with van der Waals surface area (Å²) >= 11 is 0. The standard InChI is InChI=1S/C59H60N6O5/c1-41-53-35-51(70-40-45-10-6-3-7-11-45)21-23-54(53)64(57(41)46-14-19-50(20-15-46)69-39-44-8-4-2-5-9-44)37-42-12-16-48(17-13-42)62-28-26-43(27-29-62)36-61-30-32-63(33-31-61)49-18-22-52-47(34-49)38-65(59(52)68)55-24-25-56(66)60-58(55)67/h2-23,34-35,43,55H,24-33,36-40H2,1H3,(H,60,66,67). The molecule has 4 aliphatic rings. The van der Waals surface area contributed by atoms with Gasteiger partial charge in [-0.1, -0.05) is 72.8 Å². The summed E-state index contributed by atoms with van der Waals surface area (Å²) in [5.41, 5.74) is 12.3. The van der Waals surface area contributed by atoms with Crippen LogP contribution in [0.4, 0.5) is 11.4 Å². The Balaban J connectivity index is 0.709. The number of aryl methyl sites for hydroxylation is 1. The summed E-state index contributed by atoms with van der Waals surface area (Å²) in [4.78, 5) is 46.7. The molecule has 1 aromatic heterocycles. The normalized spacial score (nSPS) is 17.8. The molecule has 3 saturated heterocycles. The van der Waals surface area contributed by atoms with Crippen molar-refractivity contribution in [3.8, 4) is 22.8 Å². The highest BCUT2D eigenvalue weighted by atomic mass is 16.5. The Morgan fingerprint density at radius 3 is 1.94 bits per heavy atom. The molecule has 11 nitrogen and oxygen atoms in total. The van der Waals surface area contributed by atoms with E-state index < -0.39 is 6.04 Å². The number of carbonyl (C=O) groups excluding carboxylic acids is 3. The van der Waals surface area contributed by atoms with E-state index in [4.69, 9.17) is 9.47 Å². The Morgan fingerprint density at radius 2 is 1.26 bits per heavy atom. The molecular formula is C59H60N6O5. The van der Waals surface area contributed by atoms with Gasteiger partial charge in [-0.25, -0.2) is 0 Å². The van der Waals surface area contributed by atoms with Gasteiger partial charge in [-0.15, -0.1) is 0 Å². The number of ether oxygens (including phenoxy) is 2. The van der Waals surface area contributed by atoms with E-state index in [2.05, 4.69) is 129 Å². The van der Waals surface area contributed by atoms with Crippen LogP contribution in [0.5, 0.6) is 11.5 Å². The fourth-order valence-corrected chi connectivity index (χ4v) is 11.0. The number of piperazine rings is 1. The summed E-state index contributed by atoms with van der Waals surface area (Å²) in [5.74, 6) is 1.61. The van der Waals surface area contributed by atoms with Crippen LogP contribution >= 0.6 is 0 Å². The molecule has 6 aromatic carbocycles. The molecule has 0 aliphatic carbocycles. The molecule has 1 unspecified atom stereocenters. The molecule has 0 spiro atoms. The Morgan fingerprint density at radius 1 is 0.614 bits per heavy atom. The lowest BCUT2D eigenvalue weighted by Crippen LogP contribution is -2.52. The number of benzene rings is 6. The first-order valence-corrected chi connectivity index (χ1v) is 24.9. The van der Waals surface area contributed by atoms with Crippen molar-refractivity contribution < 1.29 is 23.9 Å². The molecule has 0 saturated carbocycles. The van der Waals surface area contributed by atoms with Gasteiger partial charge in [0.25, 0.3) is 5.91 Å². The maximum atomic E-state index is 13.2. The molecule has 1 N–H and O–H groups in total. The summed E-state index contributed by atoms with van der Waals surface area (Å²) in [7, 11) is 0. The Bertz CT molecular complexity index is 2990. The fourth-order valence-electron chi connectivity index (χ4n) is 11.0. The zero-order chi connectivity index (χ0) is 47.6. The Hall–Kier alpha value is -7.37. The van der Waals surface area contributed by atoms with E-state index in [1.54, 1.807) is 4.90 Å². The van der Waals surface area contributed by atoms with Gasteiger partial charge < -0.3 is 28.7 Å². The molecule has 11 heteroatoms. The fraction of sp³-hybridized carbons (Fsp3) is 0.305. The number of nitrogens with zero attached hydrogens (tertiary/aromatic N) is 5. The highest BCUT2D eigenvalue weighted by Gasteiger charge is 2.39. The molecule has 70 heavy (non-hydrogen) atoms. The lowest BCUT2D eigenvalue weighted by Gasteiger charge is -2.40. The van der Waals surface area contributed by atoms with Gasteiger partial charge in [-0.2, -0.15) is 0 Å². The van der Waals surface area contributed by atoms with Crippen molar-refractivity contribution in [1.29, 1.82) is 0 Å². The number of carbonyl (C=O) groups is 3. The minimum absolute atomic E-state index is 0.125. The zero-order valence-electron chi connectivity index (χ0n) is 39.9. The van der Waals surface area contributed by atoms with Gasteiger partial charge in [-0.05, 0) is 138 Å². The Kier molecular flexibility index (Phi) is 12.8. The molecule has 0 radical (unpaired) electrons. The van der Waals surface area contributed by atoms with Crippen molar-refractivity contribution in [2.75, 3.05) is 55.6 Å². The maximum Gasteiger partial charge on any atom is 0.255 e. The summed E-state index contributed by atoms with van der Waals surface area (Å²) in [6.45, 7) is 11.5. The number of fused-ring (bicyclic) bond motifs is 2. The smallest absolute Gasteiger partial charge is 0.255 e. The van der Waals surface area contributed by atoms with Crippen LogP contribution in [0.2, 0.25) is 0 Å². The second kappa shape index (κ2) is 19.9. The van der Waals surface area contributed by atoms with E-state index in [-0.39, 0.29) is 24.1 Å². The summed E-state index contributed by atoms with van der Waals surface area (Å²) in [6, 6.07) is 50.3. The minimum Gasteiger partial charge on any atom is -0.489 e. The van der Waals surface area contributed by atoms with Gasteiger partial charge in [0.05, 0.1) is 5.69 Å². The molecular weight excluding hydrogens is 873 g/mol. The van der Waals surface area contributed by atoms with Crippen molar-refractivity contribution in [2.24, 2.45) is 5.92 Å². The van der Waals surface area contributed by atoms with E-state index in [9.17, 15) is 14.4 Å². The topological polar surface area (TPSA) is 99.6 Å². The maximum absolute atomic E-state index is 13.2. The first-order valence-electron chi connectivity index (χ1n) is 24.9. The number of imide groups is 1. The van der Waals surface area contributed by atoms with Crippen LogP contribution in [0, 0.1) is 12.8 Å². The molecule has 5 heterocycles. The third-order valence-electron chi connectivity index (χ3n) is 14.9. The third-order valence-corrected chi connectivity index (χ3v) is 14.9. The molecule has 4 aliphatic heterocycles. The lowest BCUT2D eigenvalue weighted by molar-refractivity contribution is -0.136. The number of anilines is 2. The van der Waals surface area contributed by atoms with Crippen molar-refractivity contribution in [1.82, 2.24) is 19.7 Å². The Labute approximate surface area is 410 Å². The van der Waals surface area contributed by atoms with Gasteiger partial charge >= 0.3 is 0 Å². The predicted octanol–water partition coefficient (Wildman–Crippen LogP) is 9.62. The van der Waals surface area contributed by atoms with Crippen molar-refractivity contribution in [3.05, 3.63) is 179 Å². The van der Waals surface area contributed by atoms with E-state index >= 15 is 0 Å². The van der Waals surface area contributed by atoms with Crippen LogP contribution in [0.3, 0.4) is 0 Å². The number of rotatable bonds is 14. The van der Waals surface area contributed by atoms with Crippen molar-refractivity contribution in [2.45, 2.75) is 65.0 Å². The molecule has 356 valence electrons. The van der Waals surface area contributed by atoms with Gasteiger partial charge in [0.1, 0.15) is 30.8 Å². The van der Waals surface area contributed by atoms with E-state index in [1.165, 1.54) is 46.3 Å². The van der Waals surface area contributed by atoms with Gasteiger partial charge in [-0.3, -0.25) is 24.6 Å². The van der Waals surface area contributed by atoms with Crippen molar-refractivity contribution >= 4 is 40.0 Å². The number of piperidine rings is 2. The number of hydrogen-bond donors (Lipinski definition) is 1. The average molecular weight is 933 g/mol. The van der Waals surface area contributed by atoms with E-state index in [0.717, 1.165) is 91.8 Å². The van der Waals surface area contributed by atoms with Crippen LogP contribution < -0.4 is 24.6 Å². The highest BCUT2D eigenvalue weighted by Crippen LogP contribution is 2.38. The summed E-state index contributed by atoms with van der Waals surface area (Å²) in [6.07, 6.45) is 2.98. The van der Waals surface area contributed by atoms with Crippen molar-refractivity contribution in [3.63, 3.8) is 0 Å². The molecule has 11 rings (SSSR count). The number of nitrogens with one attached hydrogen (secondary N) is 1. The molecule has 3 fully saturated rings. The molecule has 0 bridgehead atoms. The lowest BCUT2D eigenvalue weighted by atomic mass is 9.95. The van der Waals surface area contributed by atoms with E-state index in [1.807, 2.05) is 48.5 Å². The largest absolute Gasteiger partial charge is 0.489 e. The third kappa shape index (κ3) is 9.63. The SMILES string of the molecule is Cc1c(-c2ccc(OCc3ccccc3)cc2)n(Cc2ccc(N3CCC(CN4CCN(c5ccc6c(c5)CN(C5CCC(=O)NC5=O)C6=O)CC4)CC3)cc2)c2ccc(OCc3ccccc3)cc12. The number of aromatic nitrogens is 1. The van der Waals surface area contributed by atoms with E-state index in [0.29, 0.717) is 37.7 Å². The van der Waals surface area contributed by atoms with Crippen LogP contribution in [0.25, 0.3) is 22.2 Å². The molecule has 3 amide bonds. The van der Waals surface area contributed by atoms with Crippen LogP contribution in [-0.4, -0.2) is 83.9 Å². The first kappa shape index (κ1) is 45.1. The number of amides is 3.